The van der Waals surface area contributed by atoms with Crippen LogP contribution >= 0.6 is 15.9 Å². The molecule has 96 valence electrons. The number of rotatable bonds is 4. The molecule has 0 amide bonds. The van der Waals surface area contributed by atoms with E-state index in [2.05, 4.69) is 45.7 Å². The molecule has 0 spiro atoms. The third-order valence-corrected chi connectivity index (χ3v) is 5.33. The van der Waals surface area contributed by atoms with Gasteiger partial charge in [0.25, 0.3) is 0 Å². The van der Waals surface area contributed by atoms with E-state index in [0.29, 0.717) is 5.41 Å². The predicted molar refractivity (Wildman–Crippen MR) is 75.6 cm³/mol. The van der Waals surface area contributed by atoms with Crippen LogP contribution in [0.5, 0.6) is 0 Å². The molecule has 1 aromatic rings. The van der Waals surface area contributed by atoms with E-state index in [1.807, 2.05) is 0 Å². The molecule has 0 aliphatic heterocycles. The van der Waals surface area contributed by atoms with Crippen LogP contribution in [-0.2, 0) is 19.9 Å². The van der Waals surface area contributed by atoms with Gasteiger partial charge in [0.05, 0.1) is 5.69 Å². The van der Waals surface area contributed by atoms with Crippen molar-refractivity contribution in [3.05, 3.63) is 17.5 Å². The number of hydrogen-bond acceptors (Lipinski definition) is 1. The fourth-order valence-electron chi connectivity index (χ4n) is 2.95. The lowest BCUT2D eigenvalue weighted by Gasteiger charge is -2.35. The third-order valence-electron chi connectivity index (χ3n) is 4.14. The van der Waals surface area contributed by atoms with Gasteiger partial charge in [-0.25, -0.2) is 0 Å². The Morgan fingerprint density at radius 2 is 2.06 bits per heavy atom. The summed E-state index contributed by atoms with van der Waals surface area (Å²) in [6.07, 6.45) is 9.15. The number of halogens is 1. The average Bonchev–Trinajstić information content (AvgIpc) is 2.71. The summed E-state index contributed by atoms with van der Waals surface area (Å²) in [5, 5.41) is 5.69. The molecule has 0 aromatic carbocycles. The maximum atomic E-state index is 4.56. The third kappa shape index (κ3) is 2.93. The highest BCUT2D eigenvalue weighted by molar-refractivity contribution is 9.09. The maximum Gasteiger partial charge on any atom is 0.0624 e. The van der Waals surface area contributed by atoms with Gasteiger partial charge in [0, 0.05) is 18.1 Å². The molecule has 1 aliphatic rings. The van der Waals surface area contributed by atoms with Gasteiger partial charge in [-0.15, -0.1) is 0 Å². The maximum absolute atomic E-state index is 4.56. The summed E-state index contributed by atoms with van der Waals surface area (Å²) < 4.78 is 2.08. The summed E-state index contributed by atoms with van der Waals surface area (Å²) >= 11 is 3.74. The highest BCUT2D eigenvalue weighted by Gasteiger charge is 2.32. The molecule has 1 saturated carbocycles. The second-order valence-electron chi connectivity index (χ2n) is 5.48. The number of aryl methyl sites for hydroxylation is 2. The zero-order valence-electron chi connectivity index (χ0n) is 11.0. The van der Waals surface area contributed by atoms with E-state index in [4.69, 9.17) is 0 Å². The van der Waals surface area contributed by atoms with Gasteiger partial charge in [-0.3, -0.25) is 4.68 Å². The minimum atomic E-state index is 0.483. The largest absolute Gasteiger partial charge is 0.272 e. The summed E-state index contributed by atoms with van der Waals surface area (Å²) in [5.74, 6) is 0. The van der Waals surface area contributed by atoms with Gasteiger partial charge in [-0.05, 0) is 37.2 Å². The van der Waals surface area contributed by atoms with Crippen LogP contribution in [0.4, 0.5) is 0 Å². The topological polar surface area (TPSA) is 17.8 Å². The molecule has 2 nitrogen and oxygen atoms in total. The van der Waals surface area contributed by atoms with E-state index in [1.54, 1.807) is 0 Å². The van der Waals surface area contributed by atoms with Crippen LogP contribution in [0.15, 0.2) is 6.07 Å². The van der Waals surface area contributed by atoms with Crippen molar-refractivity contribution in [3.63, 3.8) is 0 Å². The van der Waals surface area contributed by atoms with Gasteiger partial charge < -0.3 is 0 Å². The first kappa shape index (κ1) is 13.1. The molecular formula is C14H23BrN2. The van der Waals surface area contributed by atoms with Crippen LogP contribution in [0.3, 0.4) is 0 Å². The van der Waals surface area contributed by atoms with Crippen LogP contribution in [0, 0.1) is 5.41 Å². The monoisotopic (exact) mass is 298 g/mol. The number of hydrogen-bond donors (Lipinski definition) is 0. The second-order valence-corrected chi connectivity index (χ2v) is 6.04. The molecule has 0 radical (unpaired) electrons. The van der Waals surface area contributed by atoms with E-state index in [-0.39, 0.29) is 0 Å². The first-order valence-electron chi connectivity index (χ1n) is 6.77. The molecule has 1 aliphatic carbocycles. The number of nitrogens with zero attached hydrogens (tertiary/aromatic N) is 2. The normalized spacial score (nSPS) is 19.5. The lowest BCUT2D eigenvalue weighted by molar-refractivity contribution is 0.219. The van der Waals surface area contributed by atoms with Crippen molar-refractivity contribution in [1.29, 1.82) is 0 Å². The second kappa shape index (κ2) is 5.55. The number of aromatic nitrogens is 2. The Morgan fingerprint density at radius 1 is 1.35 bits per heavy atom. The van der Waals surface area contributed by atoms with Crippen molar-refractivity contribution in [2.45, 2.75) is 51.9 Å². The van der Waals surface area contributed by atoms with Crippen molar-refractivity contribution in [3.8, 4) is 0 Å². The predicted octanol–water partition coefficient (Wildman–Crippen LogP) is 3.87. The lowest BCUT2D eigenvalue weighted by atomic mass is 9.73. The molecule has 1 aromatic heterocycles. The van der Waals surface area contributed by atoms with E-state index in [9.17, 15) is 0 Å². The van der Waals surface area contributed by atoms with E-state index >= 15 is 0 Å². The molecular weight excluding hydrogens is 276 g/mol. The first-order chi connectivity index (χ1) is 8.19. The van der Waals surface area contributed by atoms with Crippen LogP contribution < -0.4 is 0 Å². The Labute approximate surface area is 113 Å². The Hall–Kier alpha value is -0.310. The standard InChI is InChI=1S/C14H23BrN2/c1-3-12-9-13(17(2)16-12)10-14(11-15)7-5-4-6-8-14/h9H,3-8,10-11H2,1-2H3. The van der Waals surface area contributed by atoms with E-state index in [0.717, 1.165) is 11.8 Å². The van der Waals surface area contributed by atoms with Crippen molar-refractivity contribution >= 4 is 15.9 Å². The Balaban J connectivity index is 2.14. The Morgan fingerprint density at radius 3 is 2.59 bits per heavy atom. The molecule has 0 unspecified atom stereocenters. The fourth-order valence-corrected chi connectivity index (χ4v) is 3.71. The molecule has 1 fully saturated rings. The fraction of sp³-hybridized carbons (Fsp3) is 0.786. The zero-order chi connectivity index (χ0) is 12.3. The van der Waals surface area contributed by atoms with Gasteiger partial charge in [0.15, 0.2) is 0 Å². The summed E-state index contributed by atoms with van der Waals surface area (Å²) in [5.41, 5.74) is 3.11. The van der Waals surface area contributed by atoms with Gasteiger partial charge in [0.1, 0.15) is 0 Å². The molecule has 1 heterocycles. The smallest absolute Gasteiger partial charge is 0.0624 e. The minimum Gasteiger partial charge on any atom is -0.272 e. The van der Waals surface area contributed by atoms with E-state index < -0.39 is 0 Å². The average molecular weight is 299 g/mol. The van der Waals surface area contributed by atoms with Gasteiger partial charge in [-0.2, -0.15) is 5.10 Å². The summed E-state index contributed by atoms with van der Waals surface area (Å²) in [6.45, 7) is 2.17. The zero-order valence-corrected chi connectivity index (χ0v) is 12.6. The summed E-state index contributed by atoms with van der Waals surface area (Å²) in [4.78, 5) is 0. The lowest BCUT2D eigenvalue weighted by Crippen LogP contribution is -2.29. The minimum absolute atomic E-state index is 0.483. The molecule has 0 saturated heterocycles. The molecule has 17 heavy (non-hydrogen) atoms. The summed E-state index contributed by atoms with van der Waals surface area (Å²) in [6, 6.07) is 2.29. The van der Waals surface area contributed by atoms with Crippen LogP contribution in [-0.4, -0.2) is 15.1 Å². The molecule has 0 atom stereocenters. The first-order valence-corrected chi connectivity index (χ1v) is 7.89. The SMILES string of the molecule is CCc1cc(CC2(CBr)CCCCC2)n(C)n1. The molecule has 0 bridgehead atoms. The van der Waals surface area contributed by atoms with Crippen molar-refractivity contribution < 1.29 is 0 Å². The van der Waals surface area contributed by atoms with Crippen LogP contribution in [0.1, 0.15) is 50.4 Å². The Kier molecular flexibility index (Phi) is 4.29. The van der Waals surface area contributed by atoms with Gasteiger partial charge in [-0.1, -0.05) is 42.1 Å². The van der Waals surface area contributed by atoms with Crippen molar-refractivity contribution in [1.82, 2.24) is 9.78 Å². The van der Waals surface area contributed by atoms with Crippen molar-refractivity contribution in [2.75, 3.05) is 5.33 Å². The Bertz CT molecular complexity index is 364. The van der Waals surface area contributed by atoms with E-state index in [1.165, 1.54) is 49.9 Å². The number of alkyl halides is 1. The molecule has 3 heteroatoms. The molecule has 2 rings (SSSR count). The van der Waals surface area contributed by atoms with Crippen LogP contribution in [0.2, 0.25) is 0 Å². The van der Waals surface area contributed by atoms with Crippen molar-refractivity contribution in [2.24, 2.45) is 12.5 Å². The highest BCUT2D eigenvalue weighted by atomic mass is 79.9. The summed E-state index contributed by atoms with van der Waals surface area (Å²) in [7, 11) is 2.08. The quantitative estimate of drug-likeness (QED) is 0.772. The molecule has 0 N–H and O–H groups in total. The van der Waals surface area contributed by atoms with Crippen LogP contribution in [0.25, 0.3) is 0 Å². The van der Waals surface area contributed by atoms with Gasteiger partial charge >= 0.3 is 0 Å². The van der Waals surface area contributed by atoms with Gasteiger partial charge in [0.2, 0.25) is 0 Å². The highest BCUT2D eigenvalue weighted by Crippen LogP contribution is 2.40.